The van der Waals surface area contributed by atoms with E-state index in [-0.39, 0.29) is 5.91 Å². The summed E-state index contributed by atoms with van der Waals surface area (Å²) in [6.07, 6.45) is 1.80. The summed E-state index contributed by atoms with van der Waals surface area (Å²) < 4.78 is 7.21. The third-order valence-corrected chi connectivity index (χ3v) is 5.45. The number of rotatable bonds is 8. The number of hydrogen-bond acceptors (Lipinski definition) is 5. The summed E-state index contributed by atoms with van der Waals surface area (Å²) in [5.74, 6) is 2.02. The van der Waals surface area contributed by atoms with E-state index in [1.807, 2.05) is 42.8 Å². The van der Waals surface area contributed by atoms with Crippen LogP contribution in [0, 0.1) is 6.92 Å². The van der Waals surface area contributed by atoms with E-state index in [0.717, 1.165) is 33.1 Å². The third-order valence-electron chi connectivity index (χ3n) is 4.50. The highest BCUT2D eigenvalue weighted by atomic mass is 32.2. The second kappa shape index (κ2) is 8.93. The van der Waals surface area contributed by atoms with Gasteiger partial charge in [-0.1, -0.05) is 36.0 Å². The molecule has 3 aromatic rings. The van der Waals surface area contributed by atoms with E-state index >= 15 is 0 Å². The van der Waals surface area contributed by atoms with Gasteiger partial charge in [0.1, 0.15) is 11.6 Å². The van der Waals surface area contributed by atoms with Gasteiger partial charge in [-0.3, -0.25) is 4.79 Å². The number of carbonyl (C=O) groups is 1. The van der Waals surface area contributed by atoms with Crippen LogP contribution in [0.5, 0.6) is 5.75 Å². The van der Waals surface area contributed by atoms with Crippen LogP contribution in [0.3, 0.4) is 0 Å². The number of methoxy groups -OCH3 is 1. The van der Waals surface area contributed by atoms with Crippen molar-refractivity contribution in [2.45, 2.75) is 25.2 Å². The van der Waals surface area contributed by atoms with Crippen LogP contribution in [0.4, 0.5) is 0 Å². The molecule has 28 heavy (non-hydrogen) atoms. The smallest absolute Gasteiger partial charge is 0.233 e. The summed E-state index contributed by atoms with van der Waals surface area (Å²) in [4.78, 5) is 14.3. The molecule has 3 rings (SSSR count). The zero-order valence-corrected chi connectivity index (χ0v) is 17.2. The van der Waals surface area contributed by atoms with Crippen molar-refractivity contribution >= 4 is 28.4 Å². The predicted molar refractivity (Wildman–Crippen MR) is 113 cm³/mol. The number of ether oxygens (including phenoxy) is 1. The fourth-order valence-corrected chi connectivity index (χ4v) is 3.84. The molecule has 0 aliphatic carbocycles. The number of allylic oxidation sites excluding steroid dienone is 1. The van der Waals surface area contributed by atoms with Crippen molar-refractivity contribution in [1.82, 2.24) is 19.7 Å². The van der Waals surface area contributed by atoms with E-state index in [1.54, 1.807) is 18.1 Å². The first-order valence-electron chi connectivity index (χ1n) is 8.96. The molecule has 1 heterocycles. The van der Waals surface area contributed by atoms with Gasteiger partial charge < -0.3 is 14.2 Å². The van der Waals surface area contributed by atoms with Gasteiger partial charge in [0.15, 0.2) is 5.16 Å². The lowest BCUT2D eigenvalue weighted by Gasteiger charge is -2.17. The highest BCUT2D eigenvalue weighted by Gasteiger charge is 2.14. The summed E-state index contributed by atoms with van der Waals surface area (Å²) in [7, 11) is 3.48. The van der Waals surface area contributed by atoms with Gasteiger partial charge in [0.25, 0.3) is 0 Å². The number of carbonyl (C=O) groups excluding carboxylic acids is 1. The summed E-state index contributed by atoms with van der Waals surface area (Å²) in [5, 5.41) is 11.2. The van der Waals surface area contributed by atoms with E-state index in [1.165, 1.54) is 11.8 Å². The molecule has 0 fully saturated rings. The Bertz CT molecular complexity index is 999. The largest absolute Gasteiger partial charge is 0.497 e. The first-order valence-corrected chi connectivity index (χ1v) is 9.94. The highest BCUT2D eigenvalue weighted by molar-refractivity contribution is 7.99. The monoisotopic (exact) mass is 396 g/mol. The van der Waals surface area contributed by atoms with Crippen molar-refractivity contribution in [1.29, 1.82) is 0 Å². The molecule has 2 aromatic carbocycles. The molecule has 146 valence electrons. The Morgan fingerprint density at radius 3 is 2.75 bits per heavy atom. The molecule has 0 spiro atoms. The van der Waals surface area contributed by atoms with Crippen LogP contribution in [0.2, 0.25) is 0 Å². The van der Waals surface area contributed by atoms with Gasteiger partial charge in [-0.2, -0.15) is 0 Å². The number of benzene rings is 2. The van der Waals surface area contributed by atoms with Crippen molar-refractivity contribution in [3.05, 3.63) is 60.4 Å². The van der Waals surface area contributed by atoms with E-state index in [0.29, 0.717) is 18.8 Å². The third kappa shape index (κ3) is 4.54. The zero-order chi connectivity index (χ0) is 20.1. The normalized spacial score (nSPS) is 10.8. The molecule has 0 unspecified atom stereocenters. The van der Waals surface area contributed by atoms with Crippen molar-refractivity contribution < 1.29 is 9.53 Å². The van der Waals surface area contributed by atoms with E-state index in [4.69, 9.17) is 4.74 Å². The SMILES string of the molecule is C=CCn1c(C)nnc1SCC(=O)N(C)Cc1ccc2cc(OC)ccc2c1. The first-order chi connectivity index (χ1) is 13.5. The Morgan fingerprint density at radius 2 is 2.00 bits per heavy atom. The molecule has 7 heteroatoms. The lowest BCUT2D eigenvalue weighted by atomic mass is 10.1. The predicted octanol–water partition coefficient (Wildman–Crippen LogP) is 3.69. The highest BCUT2D eigenvalue weighted by Crippen LogP contribution is 2.23. The van der Waals surface area contributed by atoms with Gasteiger partial charge in [0, 0.05) is 20.1 Å². The lowest BCUT2D eigenvalue weighted by Crippen LogP contribution is -2.27. The molecule has 0 aliphatic heterocycles. The summed E-state index contributed by atoms with van der Waals surface area (Å²) >= 11 is 1.40. The van der Waals surface area contributed by atoms with Crippen molar-refractivity contribution in [2.24, 2.45) is 0 Å². The van der Waals surface area contributed by atoms with Crippen LogP contribution in [-0.4, -0.2) is 45.5 Å². The van der Waals surface area contributed by atoms with Gasteiger partial charge in [0.2, 0.25) is 5.91 Å². The van der Waals surface area contributed by atoms with Crippen LogP contribution >= 0.6 is 11.8 Å². The quantitative estimate of drug-likeness (QED) is 0.429. The molecule has 0 saturated carbocycles. The van der Waals surface area contributed by atoms with E-state index in [2.05, 4.69) is 28.9 Å². The average Bonchev–Trinajstić information content (AvgIpc) is 3.05. The van der Waals surface area contributed by atoms with Gasteiger partial charge in [-0.15, -0.1) is 16.8 Å². The molecule has 0 aliphatic rings. The number of fused-ring (bicyclic) bond motifs is 1. The van der Waals surface area contributed by atoms with Gasteiger partial charge in [-0.05, 0) is 41.5 Å². The van der Waals surface area contributed by atoms with Gasteiger partial charge >= 0.3 is 0 Å². The fourth-order valence-electron chi connectivity index (χ4n) is 2.90. The number of thioether (sulfide) groups is 1. The molecule has 6 nitrogen and oxygen atoms in total. The van der Waals surface area contributed by atoms with Crippen molar-refractivity contribution in [3.8, 4) is 5.75 Å². The number of hydrogen-bond donors (Lipinski definition) is 0. The molecule has 0 N–H and O–H groups in total. The van der Waals surface area contributed by atoms with Crippen LogP contribution in [0.25, 0.3) is 10.8 Å². The minimum Gasteiger partial charge on any atom is -0.497 e. The molecule has 0 saturated heterocycles. The molecule has 0 atom stereocenters. The lowest BCUT2D eigenvalue weighted by molar-refractivity contribution is -0.127. The van der Waals surface area contributed by atoms with E-state index in [9.17, 15) is 4.79 Å². The van der Waals surface area contributed by atoms with Gasteiger partial charge in [-0.25, -0.2) is 0 Å². The van der Waals surface area contributed by atoms with Crippen LogP contribution < -0.4 is 4.74 Å². The Morgan fingerprint density at radius 1 is 1.25 bits per heavy atom. The molecule has 1 aromatic heterocycles. The Labute approximate surface area is 169 Å². The Kier molecular flexibility index (Phi) is 6.36. The maximum Gasteiger partial charge on any atom is 0.233 e. The first kappa shape index (κ1) is 19.9. The maximum absolute atomic E-state index is 12.6. The summed E-state index contributed by atoms with van der Waals surface area (Å²) in [5.41, 5.74) is 1.09. The minimum absolute atomic E-state index is 0.0469. The standard InChI is InChI=1S/C21H24N4O2S/c1-5-10-25-15(2)22-23-21(25)28-14-20(26)24(3)13-16-6-7-18-12-19(27-4)9-8-17(18)11-16/h5-9,11-12H,1,10,13-14H2,2-4H3. The zero-order valence-electron chi connectivity index (χ0n) is 16.4. The Balaban J connectivity index is 1.62. The number of aromatic nitrogens is 3. The second-order valence-corrected chi connectivity index (χ2v) is 7.46. The molecular formula is C21H24N4O2S. The fraction of sp³-hybridized carbons (Fsp3) is 0.286. The molecule has 1 amide bonds. The molecule has 0 radical (unpaired) electrons. The summed E-state index contributed by atoms with van der Waals surface area (Å²) in [6.45, 7) is 6.83. The van der Waals surface area contributed by atoms with Crippen molar-refractivity contribution in [2.75, 3.05) is 19.9 Å². The molecule has 0 bridgehead atoms. The van der Waals surface area contributed by atoms with E-state index < -0.39 is 0 Å². The Hall–Kier alpha value is -2.80. The topological polar surface area (TPSA) is 60.2 Å². The van der Waals surface area contributed by atoms with Crippen LogP contribution in [0.1, 0.15) is 11.4 Å². The van der Waals surface area contributed by atoms with Crippen LogP contribution in [-0.2, 0) is 17.9 Å². The second-order valence-electron chi connectivity index (χ2n) is 6.51. The number of nitrogens with zero attached hydrogens (tertiary/aromatic N) is 4. The van der Waals surface area contributed by atoms with Crippen LogP contribution in [0.15, 0.2) is 54.2 Å². The summed E-state index contributed by atoms with van der Waals surface area (Å²) in [6, 6.07) is 12.2. The van der Waals surface area contributed by atoms with Crippen molar-refractivity contribution in [3.63, 3.8) is 0 Å². The number of aryl methyl sites for hydroxylation is 1. The molecular weight excluding hydrogens is 372 g/mol. The minimum atomic E-state index is 0.0469. The number of amides is 1. The average molecular weight is 397 g/mol. The maximum atomic E-state index is 12.6. The van der Waals surface area contributed by atoms with Gasteiger partial charge in [0.05, 0.1) is 12.9 Å².